The van der Waals surface area contributed by atoms with Crippen LogP contribution < -0.4 is 10.7 Å². The summed E-state index contributed by atoms with van der Waals surface area (Å²) in [7, 11) is 0. The molecule has 4 rings (SSSR count). The SMILES string of the molecule is O=C(COC(=O)C[C@@H]1C[C@H]2CC[C@@H]1C2)NN1C(=O)NC2(CCCCC2)C1=O. The summed E-state index contributed by atoms with van der Waals surface area (Å²) in [6, 6.07) is -0.622. The van der Waals surface area contributed by atoms with Crippen LogP contribution in [0.1, 0.15) is 64.2 Å². The van der Waals surface area contributed by atoms with Crippen molar-refractivity contribution in [3.8, 4) is 0 Å². The van der Waals surface area contributed by atoms with Crippen molar-refractivity contribution in [3.63, 3.8) is 0 Å². The lowest BCUT2D eigenvalue weighted by Gasteiger charge is -2.30. The van der Waals surface area contributed by atoms with Gasteiger partial charge in [0.2, 0.25) is 0 Å². The molecule has 0 radical (unpaired) electrons. The second kappa shape index (κ2) is 7.13. The molecule has 1 aliphatic heterocycles. The highest BCUT2D eigenvalue weighted by atomic mass is 16.5. The number of hydrazine groups is 1. The van der Waals surface area contributed by atoms with Crippen molar-refractivity contribution in [3.05, 3.63) is 0 Å². The second-order valence-electron chi connectivity index (χ2n) is 8.55. The molecule has 4 fully saturated rings. The molecule has 3 aliphatic carbocycles. The van der Waals surface area contributed by atoms with Crippen LogP contribution in [-0.4, -0.2) is 41.0 Å². The summed E-state index contributed by atoms with van der Waals surface area (Å²) < 4.78 is 5.07. The fourth-order valence-corrected chi connectivity index (χ4v) is 5.42. The molecule has 3 saturated carbocycles. The summed E-state index contributed by atoms with van der Waals surface area (Å²) >= 11 is 0. The minimum absolute atomic E-state index is 0.348. The maximum atomic E-state index is 12.6. The highest BCUT2D eigenvalue weighted by Crippen LogP contribution is 2.49. The molecule has 1 heterocycles. The van der Waals surface area contributed by atoms with E-state index < -0.39 is 30.0 Å². The first-order chi connectivity index (χ1) is 13.0. The van der Waals surface area contributed by atoms with Gasteiger partial charge in [-0.15, -0.1) is 0 Å². The van der Waals surface area contributed by atoms with E-state index in [0.29, 0.717) is 31.1 Å². The third-order valence-corrected chi connectivity index (χ3v) is 6.78. The molecule has 0 aromatic heterocycles. The monoisotopic (exact) mass is 377 g/mol. The highest BCUT2D eigenvalue weighted by Gasteiger charge is 2.52. The maximum absolute atomic E-state index is 12.6. The number of carbonyl (C=O) groups is 4. The van der Waals surface area contributed by atoms with Gasteiger partial charge in [0.1, 0.15) is 5.54 Å². The number of carbonyl (C=O) groups excluding carboxylic acids is 4. The zero-order valence-electron chi connectivity index (χ0n) is 15.5. The lowest BCUT2D eigenvalue weighted by molar-refractivity contribution is -0.151. The second-order valence-corrected chi connectivity index (χ2v) is 8.55. The number of fused-ring (bicyclic) bond motifs is 2. The largest absolute Gasteiger partial charge is 0.455 e. The van der Waals surface area contributed by atoms with E-state index in [0.717, 1.165) is 36.6 Å². The van der Waals surface area contributed by atoms with E-state index in [1.807, 2.05) is 0 Å². The first kappa shape index (κ1) is 18.3. The van der Waals surface area contributed by atoms with Crippen molar-refractivity contribution in [1.82, 2.24) is 15.8 Å². The van der Waals surface area contributed by atoms with Gasteiger partial charge in [-0.05, 0) is 49.9 Å². The molecule has 0 unspecified atom stereocenters. The van der Waals surface area contributed by atoms with E-state index in [9.17, 15) is 19.2 Å². The molecule has 8 heteroatoms. The standard InChI is InChI=1S/C19H27N3O5/c23-15(11-27-16(24)10-14-9-12-4-5-13(14)8-12)21-22-17(25)19(20-18(22)26)6-2-1-3-7-19/h12-14H,1-11H2,(H,20,26)(H,21,23)/t12-,13+,14-/m0/s1. The lowest BCUT2D eigenvalue weighted by Crippen LogP contribution is -2.51. The first-order valence-corrected chi connectivity index (χ1v) is 10.1. The number of hydrogen-bond donors (Lipinski definition) is 2. The van der Waals surface area contributed by atoms with Gasteiger partial charge >= 0.3 is 12.0 Å². The van der Waals surface area contributed by atoms with Crippen LogP contribution in [0.4, 0.5) is 4.79 Å². The van der Waals surface area contributed by atoms with Crippen molar-refractivity contribution < 1.29 is 23.9 Å². The van der Waals surface area contributed by atoms with Crippen molar-refractivity contribution >= 4 is 23.8 Å². The van der Waals surface area contributed by atoms with Gasteiger partial charge in [0.25, 0.3) is 11.8 Å². The molecule has 3 atom stereocenters. The van der Waals surface area contributed by atoms with Crippen LogP contribution in [0.3, 0.4) is 0 Å². The third kappa shape index (κ3) is 3.53. The number of nitrogens with one attached hydrogen (secondary N) is 2. The summed E-state index contributed by atoms with van der Waals surface area (Å²) in [6.45, 7) is -0.482. The smallest absolute Gasteiger partial charge is 0.344 e. The summed E-state index contributed by atoms with van der Waals surface area (Å²) in [5, 5.41) is 3.45. The van der Waals surface area contributed by atoms with Gasteiger partial charge in [-0.3, -0.25) is 19.8 Å². The topological polar surface area (TPSA) is 105 Å². The first-order valence-electron chi connectivity index (χ1n) is 10.1. The Labute approximate surface area is 158 Å². The molecular weight excluding hydrogens is 350 g/mol. The van der Waals surface area contributed by atoms with Crippen molar-refractivity contribution in [1.29, 1.82) is 0 Å². The predicted octanol–water partition coefficient (Wildman–Crippen LogP) is 1.64. The zero-order chi connectivity index (χ0) is 19.0. The fourth-order valence-electron chi connectivity index (χ4n) is 5.42. The van der Waals surface area contributed by atoms with Gasteiger partial charge < -0.3 is 10.1 Å². The summed E-state index contributed by atoms with van der Waals surface area (Å²) in [5.74, 6) is 0.262. The maximum Gasteiger partial charge on any atom is 0.344 e. The van der Waals surface area contributed by atoms with Gasteiger partial charge in [0, 0.05) is 6.42 Å². The molecule has 1 spiro atoms. The molecule has 27 heavy (non-hydrogen) atoms. The molecular formula is C19H27N3O5. The number of hydrogen-bond acceptors (Lipinski definition) is 5. The molecule has 0 aromatic rings. The van der Waals surface area contributed by atoms with Crippen LogP contribution in [0.15, 0.2) is 0 Å². The molecule has 0 aromatic carbocycles. The molecule has 4 aliphatic rings. The van der Waals surface area contributed by atoms with E-state index in [1.54, 1.807) is 0 Å². The van der Waals surface area contributed by atoms with Crippen LogP contribution in [0, 0.1) is 17.8 Å². The van der Waals surface area contributed by atoms with Gasteiger partial charge in [0.05, 0.1) is 0 Å². The number of rotatable bonds is 5. The Morgan fingerprint density at radius 1 is 1.15 bits per heavy atom. The summed E-state index contributed by atoms with van der Waals surface area (Å²) in [4.78, 5) is 48.8. The minimum atomic E-state index is -0.888. The number of imide groups is 1. The molecule has 2 N–H and O–H groups in total. The molecule has 2 bridgehead atoms. The van der Waals surface area contributed by atoms with E-state index in [2.05, 4.69) is 10.7 Å². The number of nitrogens with zero attached hydrogens (tertiary/aromatic N) is 1. The molecule has 1 saturated heterocycles. The van der Waals surface area contributed by atoms with E-state index in [-0.39, 0.29) is 5.97 Å². The number of amides is 4. The van der Waals surface area contributed by atoms with E-state index >= 15 is 0 Å². The van der Waals surface area contributed by atoms with Crippen molar-refractivity contribution in [2.24, 2.45) is 17.8 Å². The Hall–Kier alpha value is -2.12. The number of ether oxygens (including phenoxy) is 1. The highest BCUT2D eigenvalue weighted by molar-refractivity contribution is 6.08. The Bertz CT molecular complexity index is 658. The van der Waals surface area contributed by atoms with Crippen LogP contribution >= 0.6 is 0 Å². The van der Waals surface area contributed by atoms with Crippen molar-refractivity contribution in [2.75, 3.05) is 6.61 Å². The normalized spacial score (nSPS) is 31.3. The van der Waals surface area contributed by atoms with Crippen LogP contribution in [0.5, 0.6) is 0 Å². The van der Waals surface area contributed by atoms with E-state index in [1.165, 1.54) is 19.3 Å². The van der Waals surface area contributed by atoms with Crippen LogP contribution in [0.2, 0.25) is 0 Å². The van der Waals surface area contributed by atoms with Crippen LogP contribution in [0.25, 0.3) is 0 Å². The Morgan fingerprint density at radius 3 is 2.59 bits per heavy atom. The van der Waals surface area contributed by atoms with E-state index in [4.69, 9.17) is 4.74 Å². The van der Waals surface area contributed by atoms with Crippen molar-refractivity contribution in [2.45, 2.75) is 69.7 Å². The molecule has 4 amide bonds. The van der Waals surface area contributed by atoms with Gasteiger partial charge in [-0.25, -0.2) is 4.79 Å². The number of urea groups is 1. The average Bonchev–Trinajstić information content (AvgIpc) is 3.32. The number of esters is 1. The predicted molar refractivity (Wildman–Crippen MR) is 93.9 cm³/mol. The zero-order valence-corrected chi connectivity index (χ0v) is 15.5. The Morgan fingerprint density at radius 2 is 1.93 bits per heavy atom. The van der Waals surface area contributed by atoms with Crippen LogP contribution in [-0.2, 0) is 19.1 Å². The Kier molecular flexibility index (Phi) is 4.82. The summed E-state index contributed by atoms with van der Waals surface area (Å²) in [6.07, 6.45) is 9.05. The van der Waals surface area contributed by atoms with Gasteiger partial charge in [-0.2, -0.15) is 5.01 Å². The third-order valence-electron chi connectivity index (χ3n) is 6.78. The fraction of sp³-hybridized carbons (Fsp3) is 0.789. The lowest BCUT2D eigenvalue weighted by atomic mass is 9.82. The Balaban J connectivity index is 1.24. The molecule has 8 nitrogen and oxygen atoms in total. The minimum Gasteiger partial charge on any atom is -0.455 e. The van der Waals surface area contributed by atoms with Gasteiger partial charge in [-0.1, -0.05) is 25.7 Å². The van der Waals surface area contributed by atoms with Gasteiger partial charge in [0.15, 0.2) is 6.61 Å². The quantitative estimate of drug-likeness (QED) is 0.560. The summed E-state index contributed by atoms with van der Waals surface area (Å²) in [5.41, 5.74) is 1.39. The molecule has 148 valence electrons. The average molecular weight is 377 g/mol.